The first-order valence-corrected chi connectivity index (χ1v) is 9.57. The van der Waals surface area contributed by atoms with Crippen LogP contribution >= 0.6 is 0 Å². The summed E-state index contributed by atoms with van der Waals surface area (Å²) in [6.07, 6.45) is 6.76. The van der Waals surface area contributed by atoms with Gasteiger partial charge in [-0.05, 0) is 44.4 Å². The molecule has 1 saturated heterocycles. The summed E-state index contributed by atoms with van der Waals surface area (Å²) in [5.74, 6) is -1.75. The average molecular weight is 373 g/mol. The van der Waals surface area contributed by atoms with Gasteiger partial charge in [-0.2, -0.15) is 0 Å². The lowest BCUT2D eigenvalue weighted by Crippen LogP contribution is -2.47. The minimum Gasteiger partial charge on any atom is -0.481 e. The molecule has 0 bridgehead atoms. The van der Waals surface area contributed by atoms with Gasteiger partial charge >= 0.3 is 11.9 Å². The maximum atomic E-state index is 11.9. The Morgan fingerprint density at radius 3 is 2.70 bits per heavy atom. The predicted octanol–water partition coefficient (Wildman–Crippen LogP) is 3.22. The number of pyridine rings is 1. The smallest absolute Gasteiger partial charge is 0.354 e. The second kappa shape index (κ2) is 7.68. The number of aliphatic carboxylic acids is 1. The van der Waals surface area contributed by atoms with Crippen molar-refractivity contribution in [3.8, 4) is 0 Å². The number of aryl methyl sites for hydroxylation is 1. The van der Waals surface area contributed by atoms with Gasteiger partial charge in [-0.3, -0.25) is 9.69 Å². The van der Waals surface area contributed by atoms with Crippen LogP contribution in [0.1, 0.15) is 55.6 Å². The van der Waals surface area contributed by atoms with Crippen LogP contribution in [-0.2, 0) is 17.9 Å². The molecule has 7 heteroatoms. The maximum absolute atomic E-state index is 11.9. The Bertz CT molecular complexity index is 856. The summed E-state index contributed by atoms with van der Waals surface area (Å²) < 4.78 is 2.06. The van der Waals surface area contributed by atoms with Gasteiger partial charge in [-0.1, -0.05) is 13.3 Å². The van der Waals surface area contributed by atoms with Crippen molar-refractivity contribution in [3.05, 3.63) is 29.7 Å². The zero-order chi connectivity index (χ0) is 19.6. The fraction of sp³-hybridized carbons (Fsp3) is 0.550. The van der Waals surface area contributed by atoms with Crippen molar-refractivity contribution in [2.75, 3.05) is 13.1 Å². The Morgan fingerprint density at radius 2 is 2.07 bits per heavy atom. The third-order valence-electron chi connectivity index (χ3n) is 5.64. The highest BCUT2D eigenvalue weighted by Gasteiger charge is 2.41. The summed E-state index contributed by atoms with van der Waals surface area (Å²) >= 11 is 0. The topological polar surface area (TPSA) is 95.7 Å². The first kappa shape index (κ1) is 19.4. The lowest BCUT2D eigenvalue weighted by Gasteiger charge is -2.40. The Hall–Kier alpha value is -2.41. The monoisotopic (exact) mass is 373 g/mol. The summed E-state index contributed by atoms with van der Waals surface area (Å²) in [6, 6.07) is 1.62. The molecule has 146 valence electrons. The number of fused-ring (bicyclic) bond motifs is 1. The van der Waals surface area contributed by atoms with Crippen LogP contribution in [0.25, 0.3) is 10.9 Å². The van der Waals surface area contributed by atoms with Gasteiger partial charge in [0, 0.05) is 31.2 Å². The van der Waals surface area contributed by atoms with Crippen LogP contribution in [0, 0.1) is 5.41 Å². The number of carboxylic acid groups (broad SMARTS) is 2. The van der Waals surface area contributed by atoms with Gasteiger partial charge in [0.2, 0.25) is 0 Å². The number of carbonyl (C=O) groups is 2. The van der Waals surface area contributed by atoms with Crippen molar-refractivity contribution in [3.63, 3.8) is 0 Å². The van der Waals surface area contributed by atoms with Gasteiger partial charge in [0.15, 0.2) is 0 Å². The van der Waals surface area contributed by atoms with E-state index in [0.29, 0.717) is 19.5 Å². The van der Waals surface area contributed by atoms with E-state index in [1.807, 2.05) is 20.0 Å². The zero-order valence-corrected chi connectivity index (χ0v) is 15.9. The van der Waals surface area contributed by atoms with E-state index in [1.54, 1.807) is 12.3 Å². The Kier molecular flexibility index (Phi) is 5.51. The molecule has 1 aliphatic heterocycles. The normalized spacial score (nSPS) is 20.8. The number of rotatable bonds is 7. The van der Waals surface area contributed by atoms with Crippen LogP contribution in [0.15, 0.2) is 18.5 Å². The Morgan fingerprint density at radius 1 is 1.30 bits per heavy atom. The molecule has 2 N–H and O–H groups in total. The van der Waals surface area contributed by atoms with Crippen LogP contribution in [-0.4, -0.2) is 49.7 Å². The van der Waals surface area contributed by atoms with Crippen molar-refractivity contribution in [1.29, 1.82) is 0 Å². The third kappa shape index (κ3) is 3.69. The quantitative estimate of drug-likeness (QED) is 0.774. The molecule has 2 aromatic rings. The molecule has 7 nitrogen and oxygen atoms in total. The number of nitrogens with zero attached hydrogens (tertiary/aromatic N) is 3. The highest BCUT2D eigenvalue weighted by molar-refractivity contribution is 5.92. The first-order chi connectivity index (χ1) is 12.9. The minimum absolute atomic E-state index is 0.0297. The lowest BCUT2D eigenvalue weighted by atomic mass is 9.76. The highest BCUT2D eigenvalue weighted by Crippen LogP contribution is 2.36. The number of likely N-dealkylation sites (tertiary alicyclic amines) is 1. The SMILES string of the molecule is CCC[C@]1(C(=O)O)CCCN(Cc2cn(CC)c3cnc(C(=O)O)cc23)C1. The molecular weight excluding hydrogens is 346 g/mol. The molecule has 1 fully saturated rings. The second-order valence-corrected chi connectivity index (χ2v) is 7.48. The number of hydrogen-bond donors (Lipinski definition) is 2. The van der Waals surface area contributed by atoms with E-state index in [9.17, 15) is 19.8 Å². The number of aromatic nitrogens is 2. The predicted molar refractivity (Wildman–Crippen MR) is 102 cm³/mol. The van der Waals surface area contributed by atoms with E-state index in [4.69, 9.17) is 0 Å². The number of hydrogen-bond acceptors (Lipinski definition) is 4. The summed E-state index contributed by atoms with van der Waals surface area (Å²) in [4.78, 5) is 29.5. The van der Waals surface area contributed by atoms with E-state index in [2.05, 4.69) is 14.5 Å². The molecule has 1 aliphatic rings. The van der Waals surface area contributed by atoms with Gasteiger partial charge in [0.05, 0.1) is 17.1 Å². The minimum atomic E-state index is -1.04. The molecule has 0 saturated carbocycles. The van der Waals surface area contributed by atoms with Crippen molar-refractivity contribution < 1.29 is 19.8 Å². The number of carboxylic acids is 2. The summed E-state index contributed by atoms with van der Waals surface area (Å²) in [6.45, 7) is 6.83. The van der Waals surface area contributed by atoms with E-state index in [1.165, 1.54) is 0 Å². The van der Waals surface area contributed by atoms with Gasteiger partial charge in [0.25, 0.3) is 0 Å². The summed E-state index contributed by atoms with van der Waals surface area (Å²) in [7, 11) is 0. The van der Waals surface area contributed by atoms with Crippen LogP contribution in [0.5, 0.6) is 0 Å². The number of piperidine rings is 1. The lowest BCUT2D eigenvalue weighted by molar-refractivity contribution is -0.153. The largest absolute Gasteiger partial charge is 0.481 e. The molecule has 3 heterocycles. The van der Waals surface area contributed by atoms with Gasteiger partial charge < -0.3 is 14.8 Å². The fourth-order valence-electron chi connectivity index (χ4n) is 4.33. The van der Waals surface area contributed by atoms with E-state index in [0.717, 1.165) is 48.8 Å². The molecular formula is C20H27N3O4. The Labute approximate surface area is 158 Å². The zero-order valence-electron chi connectivity index (χ0n) is 15.9. The van der Waals surface area contributed by atoms with E-state index in [-0.39, 0.29) is 5.69 Å². The standard InChI is InChI=1S/C20H27N3O4/c1-3-6-20(19(26)27)7-5-8-22(13-20)11-14-12-23(4-2)17-10-21-16(18(24)25)9-15(14)17/h9-10,12H,3-8,11,13H2,1-2H3,(H,24,25)(H,26,27)/t20-/m0/s1. The molecule has 2 aromatic heterocycles. The van der Waals surface area contributed by atoms with Crippen molar-refractivity contribution >= 4 is 22.8 Å². The molecule has 27 heavy (non-hydrogen) atoms. The highest BCUT2D eigenvalue weighted by atomic mass is 16.4. The fourth-order valence-corrected chi connectivity index (χ4v) is 4.33. The van der Waals surface area contributed by atoms with Gasteiger partial charge in [-0.25, -0.2) is 9.78 Å². The van der Waals surface area contributed by atoms with Crippen LogP contribution in [0.4, 0.5) is 0 Å². The van der Waals surface area contributed by atoms with Gasteiger partial charge in [0.1, 0.15) is 5.69 Å². The number of aromatic carboxylic acids is 1. The van der Waals surface area contributed by atoms with Gasteiger partial charge in [-0.15, -0.1) is 0 Å². The molecule has 3 rings (SSSR count). The van der Waals surface area contributed by atoms with Crippen molar-refractivity contribution in [2.24, 2.45) is 5.41 Å². The molecule has 0 aliphatic carbocycles. The van der Waals surface area contributed by atoms with Crippen molar-refractivity contribution in [1.82, 2.24) is 14.5 Å². The van der Waals surface area contributed by atoms with Crippen LogP contribution in [0.3, 0.4) is 0 Å². The molecule has 0 spiro atoms. The molecule has 0 aromatic carbocycles. The first-order valence-electron chi connectivity index (χ1n) is 9.57. The van der Waals surface area contributed by atoms with Crippen LogP contribution < -0.4 is 0 Å². The summed E-state index contributed by atoms with van der Waals surface area (Å²) in [5.41, 5.74) is 1.29. The Balaban J connectivity index is 1.92. The third-order valence-corrected chi connectivity index (χ3v) is 5.64. The van der Waals surface area contributed by atoms with E-state index < -0.39 is 17.4 Å². The molecule has 0 radical (unpaired) electrons. The average Bonchev–Trinajstić information content (AvgIpc) is 2.99. The van der Waals surface area contributed by atoms with Crippen molar-refractivity contribution in [2.45, 2.75) is 52.6 Å². The molecule has 0 amide bonds. The summed E-state index contributed by atoms with van der Waals surface area (Å²) in [5, 5.41) is 20.0. The molecule has 0 unspecified atom stereocenters. The van der Waals surface area contributed by atoms with E-state index >= 15 is 0 Å². The molecule has 1 atom stereocenters. The second-order valence-electron chi connectivity index (χ2n) is 7.48. The maximum Gasteiger partial charge on any atom is 0.354 e. The van der Waals surface area contributed by atoms with Crippen LogP contribution in [0.2, 0.25) is 0 Å².